The van der Waals surface area contributed by atoms with Gasteiger partial charge in [-0.25, -0.2) is 9.78 Å². The molecule has 12 heteroatoms. The lowest BCUT2D eigenvalue weighted by molar-refractivity contribution is -0.122. The predicted molar refractivity (Wildman–Crippen MR) is 133 cm³/mol. The van der Waals surface area contributed by atoms with Crippen molar-refractivity contribution in [3.05, 3.63) is 47.2 Å². The van der Waals surface area contributed by atoms with E-state index in [-0.39, 0.29) is 37.3 Å². The first kappa shape index (κ1) is 25.3. The molecule has 4 amide bonds. The molecule has 0 bridgehead atoms. The Hall–Kier alpha value is -4.34. The normalized spacial score (nSPS) is 24.1. The summed E-state index contributed by atoms with van der Waals surface area (Å²) in [6, 6.07) is 7.41. The molecular weight excluding hydrogens is 494 g/mol. The van der Waals surface area contributed by atoms with E-state index < -0.39 is 23.7 Å². The highest BCUT2D eigenvalue weighted by Crippen LogP contribution is 2.31. The van der Waals surface area contributed by atoms with Gasteiger partial charge in [-0.1, -0.05) is 12.0 Å². The summed E-state index contributed by atoms with van der Waals surface area (Å²) in [5.74, 6) is 5.90. The summed E-state index contributed by atoms with van der Waals surface area (Å²) < 4.78 is 10.6. The standard InChI is InChI=1S/C26H27N5O7/c1-37-17-5-3-15-12-30(23(34)18(15)11-17)14-26(24(35)28-25(36)29-26)10-9-19-20(38-2)6-7-21(27-19)31-16(13-32)4-8-22(31)33/h3,5-7,11,16,22,32-33H,4,8,12-14H2,1-2H3,(H2,28,29,35,36)/t16-,22?,26-/m1/s1. The molecule has 5 rings (SSSR count). The highest BCUT2D eigenvalue weighted by atomic mass is 16.5. The van der Waals surface area contributed by atoms with Crippen LogP contribution in [0.4, 0.5) is 10.6 Å². The number of methoxy groups -OCH3 is 2. The third-order valence-electron chi connectivity index (χ3n) is 6.97. The van der Waals surface area contributed by atoms with Crippen LogP contribution >= 0.6 is 0 Å². The number of amides is 4. The van der Waals surface area contributed by atoms with E-state index in [9.17, 15) is 24.6 Å². The average molecular weight is 522 g/mol. The van der Waals surface area contributed by atoms with E-state index in [0.29, 0.717) is 35.7 Å². The fourth-order valence-corrected chi connectivity index (χ4v) is 4.99. The van der Waals surface area contributed by atoms with Gasteiger partial charge < -0.3 is 34.8 Å². The lowest BCUT2D eigenvalue weighted by atomic mass is 9.99. The Bertz CT molecular complexity index is 1370. The van der Waals surface area contributed by atoms with Gasteiger partial charge in [-0.3, -0.25) is 14.9 Å². The van der Waals surface area contributed by atoms with Crippen molar-refractivity contribution in [3.63, 3.8) is 0 Å². The summed E-state index contributed by atoms with van der Waals surface area (Å²) in [6.07, 6.45) is 0.259. The van der Waals surface area contributed by atoms with E-state index in [1.165, 1.54) is 19.1 Å². The van der Waals surface area contributed by atoms with E-state index >= 15 is 0 Å². The van der Waals surface area contributed by atoms with Crippen LogP contribution in [0.5, 0.6) is 11.5 Å². The van der Waals surface area contributed by atoms with Gasteiger partial charge in [-0.15, -0.1) is 0 Å². The van der Waals surface area contributed by atoms with E-state index in [1.807, 2.05) is 0 Å². The Morgan fingerprint density at radius 1 is 1.16 bits per heavy atom. The summed E-state index contributed by atoms with van der Waals surface area (Å²) in [5.41, 5.74) is -0.351. The fraction of sp³-hybridized carbons (Fsp3) is 0.385. The molecule has 4 heterocycles. The third kappa shape index (κ3) is 4.36. The molecule has 3 atom stereocenters. The Morgan fingerprint density at radius 2 is 1.97 bits per heavy atom. The number of ether oxygens (including phenoxy) is 2. The van der Waals surface area contributed by atoms with Crippen LogP contribution in [0.3, 0.4) is 0 Å². The first-order valence-corrected chi connectivity index (χ1v) is 12.0. The number of carbonyl (C=O) groups is 3. The summed E-state index contributed by atoms with van der Waals surface area (Å²) in [7, 11) is 2.95. The van der Waals surface area contributed by atoms with Crippen LogP contribution in [0.1, 0.15) is 34.5 Å². The van der Waals surface area contributed by atoms with Crippen molar-refractivity contribution in [1.82, 2.24) is 20.5 Å². The first-order valence-electron chi connectivity index (χ1n) is 12.0. The SMILES string of the molecule is COc1ccc2c(c1)C(=O)N(C[C@@]1(C#Cc3nc(N4C(O)CC[C@@H]4CO)ccc3OC)NC(=O)NC1=O)C2. The minimum absolute atomic E-state index is 0.154. The second-order valence-electron chi connectivity index (χ2n) is 9.27. The molecule has 3 aliphatic heterocycles. The molecule has 0 aliphatic carbocycles. The van der Waals surface area contributed by atoms with Gasteiger partial charge in [0, 0.05) is 12.1 Å². The number of aliphatic hydroxyl groups excluding tert-OH is 2. The van der Waals surface area contributed by atoms with Crippen LogP contribution in [0.2, 0.25) is 0 Å². The number of pyridine rings is 1. The second-order valence-corrected chi connectivity index (χ2v) is 9.27. The van der Waals surface area contributed by atoms with E-state index in [4.69, 9.17) is 9.47 Å². The number of urea groups is 1. The zero-order valence-electron chi connectivity index (χ0n) is 20.9. The van der Waals surface area contributed by atoms with Gasteiger partial charge in [0.05, 0.1) is 33.4 Å². The number of hydrogen-bond acceptors (Lipinski definition) is 9. The molecule has 2 aromatic rings. The molecule has 1 unspecified atom stereocenters. The topological polar surface area (TPSA) is 154 Å². The van der Waals surface area contributed by atoms with Crippen molar-refractivity contribution in [2.45, 2.75) is 37.2 Å². The molecule has 1 aromatic carbocycles. The van der Waals surface area contributed by atoms with Crippen molar-refractivity contribution in [2.75, 3.05) is 32.3 Å². The van der Waals surface area contributed by atoms with Crippen LogP contribution in [0.15, 0.2) is 30.3 Å². The lowest BCUT2D eigenvalue weighted by Gasteiger charge is -2.28. The zero-order valence-corrected chi connectivity index (χ0v) is 20.9. The average Bonchev–Trinajstić information content (AvgIpc) is 3.54. The Kier molecular flexibility index (Phi) is 6.56. The number of carbonyl (C=O) groups excluding carboxylic acids is 3. The number of benzene rings is 1. The van der Waals surface area contributed by atoms with Gasteiger partial charge in [0.25, 0.3) is 11.8 Å². The minimum Gasteiger partial charge on any atom is -0.497 e. The number of rotatable bonds is 6. The molecule has 4 N–H and O–H groups in total. The highest BCUT2D eigenvalue weighted by Gasteiger charge is 2.48. The number of aromatic nitrogens is 1. The molecular formula is C26H27N5O7. The zero-order chi connectivity index (χ0) is 27.0. The maximum absolute atomic E-state index is 13.1. The summed E-state index contributed by atoms with van der Waals surface area (Å²) in [6.45, 7) is -0.122. The van der Waals surface area contributed by atoms with Gasteiger partial charge >= 0.3 is 6.03 Å². The van der Waals surface area contributed by atoms with Gasteiger partial charge in [-0.2, -0.15) is 0 Å². The number of hydrogen-bond donors (Lipinski definition) is 4. The van der Waals surface area contributed by atoms with E-state index in [2.05, 4.69) is 27.5 Å². The summed E-state index contributed by atoms with van der Waals surface area (Å²) in [5, 5.41) is 24.9. The summed E-state index contributed by atoms with van der Waals surface area (Å²) >= 11 is 0. The van der Waals surface area contributed by atoms with Crippen molar-refractivity contribution in [1.29, 1.82) is 0 Å². The van der Waals surface area contributed by atoms with Gasteiger partial charge in [-0.05, 0) is 48.6 Å². The number of aliphatic hydroxyl groups is 2. The first-order chi connectivity index (χ1) is 18.3. The van der Waals surface area contributed by atoms with Crippen molar-refractivity contribution in [3.8, 4) is 23.3 Å². The molecule has 0 spiro atoms. The Labute approximate surface area is 218 Å². The minimum atomic E-state index is -1.73. The highest BCUT2D eigenvalue weighted by molar-refractivity contribution is 6.10. The van der Waals surface area contributed by atoms with Crippen molar-refractivity contribution < 1.29 is 34.1 Å². The van der Waals surface area contributed by atoms with Gasteiger partial charge in [0.2, 0.25) is 5.54 Å². The predicted octanol–water partition coefficient (Wildman–Crippen LogP) is -0.0360. The Morgan fingerprint density at radius 3 is 2.66 bits per heavy atom. The molecule has 0 radical (unpaired) electrons. The maximum atomic E-state index is 13.1. The van der Waals surface area contributed by atoms with E-state index in [0.717, 1.165) is 5.56 Å². The van der Waals surface area contributed by atoms with E-state index in [1.54, 1.807) is 35.2 Å². The van der Waals surface area contributed by atoms with Crippen molar-refractivity contribution >= 4 is 23.7 Å². The molecule has 3 aliphatic rings. The number of anilines is 1. The largest absolute Gasteiger partial charge is 0.497 e. The van der Waals surface area contributed by atoms with Crippen LogP contribution < -0.4 is 25.0 Å². The van der Waals surface area contributed by atoms with Gasteiger partial charge in [0.15, 0.2) is 11.4 Å². The second kappa shape index (κ2) is 9.85. The number of imide groups is 1. The van der Waals surface area contributed by atoms with Crippen LogP contribution in [-0.2, 0) is 11.3 Å². The fourth-order valence-electron chi connectivity index (χ4n) is 4.99. The third-order valence-corrected chi connectivity index (χ3v) is 6.97. The number of nitrogens with one attached hydrogen (secondary N) is 2. The molecule has 0 saturated carbocycles. The lowest BCUT2D eigenvalue weighted by Crippen LogP contribution is -2.54. The van der Waals surface area contributed by atoms with Crippen LogP contribution in [0, 0.1) is 11.8 Å². The molecule has 1 aromatic heterocycles. The molecule has 198 valence electrons. The quantitative estimate of drug-likeness (QED) is 0.303. The molecule has 2 fully saturated rings. The molecule has 38 heavy (non-hydrogen) atoms. The number of fused-ring (bicyclic) bond motifs is 1. The molecule has 2 saturated heterocycles. The smallest absolute Gasteiger partial charge is 0.323 e. The summed E-state index contributed by atoms with van der Waals surface area (Å²) in [4.78, 5) is 45.9. The monoisotopic (exact) mass is 521 g/mol. The Balaban J connectivity index is 1.48. The van der Waals surface area contributed by atoms with Gasteiger partial charge in [0.1, 0.15) is 17.8 Å². The van der Waals surface area contributed by atoms with Crippen molar-refractivity contribution in [2.24, 2.45) is 0 Å². The van der Waals surface area contributed by atoms with Crippen LogP contribution in [0.25, 0.3) is 0 Å². The van der Waals surface area contributed by atoms with Crippen LogP contribution in [-0.4, -0.2) is 83.1 Å². The number of nitrogens with zero attached hydrogens (tertiary/aromatic N) is 3. The molecule has 12 nitrogen and oxygen atoms in total. The maximum Gasteiger partial charge on any atom is 0.323 e.